The molecule has 0 saturated heterocycles. The average molecular weight is 417 g/mol. The number of nitrogens with zero attached hydrogens (tertiary/aromatic N) is 2. The monoisotopic (exact) mass is 416 g/mol. The maximum atomic E-state index is 12.4. The molecule has 8 heteroatoms. The summed E-state index contributed by atoms with van der Waals surface area (Å²) >= 11 is 0. The standard InChI is InChI=1S/C22H32N4O4/c1-13(2)8-9-26-15(5)10-18(16(26)6)11-19(12-23)21(28)30-17(7)20(27)25-22(29)24-14(3)4/h10-11,13-14,17H,8-9H2,1-7H3,(H2,24,25,27,29)/b19-11+/t17-/m0/s1. The Morgan fingerprint density at radius 3 is 2.37 bits per heavy atom. The smallest absolute Gasteiger partial charge is 0.349 e. The molecule has 0 spiro atoms. The summed E-state index contributed by atoms with van der Waals surface area (Å²) in [5.41, 5.74) is 2.52. The fourth-order valence-corrected chi connectivity index (χ4v) is 2.79. The van der Waals surface area contributed by atoms with E-state index >= 15 is 0 Å². The van der Waals surface area contributed by atoms with E-state index in [1.165, 1.54) is 13.0 Å². The third kappa shape index (κ3) is 7.39. The fourth-order valence-electron chi connectivity index (χ4n) is 2.79. The molecule has 0 saturated carbocycles. The molecule has 0 aliphatic heterocycles. The van der Waals surface area contributed by atoms with Gasteiger partial charge in [-0.3, -0.25) is 10.1 Å². The third-order valence-corrected chi connectivity index (χ3v) is 4.49. The molecule has 1 rings (SSSR count). The van der Waals surface area contributed by atoms with E-state index in [4.69, 9.17) is 4.74 Å². The number of rotatable bonds is 8. The van der Waals surface area contributed by atoms with Crippen molar-refractivity contribution in [3.63, 3.8) is 0 Å². The normalized spacial score (nSPS) is 12.5. The van der Waals surface area contributed by atoms with Gasteiger partial charge in [-0.2, -0.15) is 5.26 Å². The molecule has 30 heavy (non-hydrogen) atoms. The van der Waals surface area contributed by atoms with Crippen molar-refractivity contribution >= 4 is 24.0 Å². The molecule has 0 bridgehead atoms. The first-order valence-electron chi connectivity index (χ1n) is 10.1. The summed E-state index contributed by atoms with van der Waals surface area (Å²) in [5.74, 6) is -1.13. The number of amides is 3. The van der Waals surface area contributed by atoms with Gasteiger partial charge in [0.1, 0.15) is 11.6 Å². The Morgan fingerprint density at radius 1 is 1.20 bits per heavy atom. The number of carbonyl (C=O) groups is 3. The number of urea groups is 1. The first-order valence-corrected chi connectivity index (χ1v) is 10.1. The summed E-state index contributed by atoms with van der Waals surface area (Å²) in [4.78, 5) is 36.0. The Morgan fingerprint density at radius 2 is 1.83 bits per heavy atom. The Bertz CT molecular complexity index is 859. The minimum Gasteiger partial charge on any atom is -0.448 e. The first-order chi connectivity index (χ1) is 14.0. The number of nitriles is 1. The molecule has 0 radical (unpaired) electrons. The minimum absolute atomic E-state index is 0.150. The molecule has 164 valence electrons. The summed E-state index contributed by atoms with van der Waals surface area (Å²) in [5, 5.41) is 14.0. The van der Waals surface area contributed by atoms with Gasteiger partial charge in [-0.05, 0) is 64.7 Å². The molecular formula is C22H32N4O4. The van der Waals surface area contributed by atoms with Crippen LogP contribution < -0.4 is 10.6 Å². The average Bonchev–Trinajstić information content (AvgIpc) is 2.89. The molecule has 0 aliphatic rings. The predicted molar refractivity (Wildman–Crippen MR) is 114 cm³/mol. The lowest BCUT2D eigenvalue weighted by atomic mass is 10.1. The summed E-state index contributed by atoms with van der Waals surface area (Å²) in [6.45, 7) is 13.9. The molecule has 1 aromatic rings. The molecule has 3 amide bonds. The Kier molecular flexibility index (Phi) is 9.31. The number of imide groups is 1. The van der Waals surface area contributed by atoms with Crippen LogP contribution >= 0.6 is 0 Å². The second-order valence-corrected chi connectivity index (χ2v) is 8.00. The number of hydrogen-bond acceptors (Lipinski definition) is 5. The van der Waals surface area contributed by atoms with Gasteiger partial charge >= 0.3 is 12.0 Å². The highest BCUT2D eigenvalue weighted by Crippen LogP contribution is 2.20. The van der Waals surface area contributed by atoms with Crippen LogP contribution in [-0.2, 0) is 20.9 Å². The van der Waals surface area contributed by atoms with Gasteiger partial charge in [0.15, 0.2) is 6.10 Å². The maximum Gasteiger partial charge on any atom is 0.349 e. The van der Waals surface area contributed by atoms with Crippen molar-refractivity contribution in [2.75, 3.05) is 0 Å². The van der Waals surface area contributed by atoms with E-state index in [2.05, 4.69) is 29.0 Å². The van der Waals surface area contributed by atoms with Crippen LogP contribution in [0.15, 0.2) is 11.6 Å². The van der Waals surface area contributed by atoms with Crippen molar-refractivity contribution in [3.8, 4) is 6.07 Å². The molecule has 1 aromatic heterocycles. The molecule has 1 atom stereocenters. The van der Waals surface area contributed by atoms with E-state index in [-0.39, 0.29) is 11.6 Å². The Hall–Kier alpha value is -3.08. The lowest BCUT2D eigenvalue weighted by Gasteiger charge is -2.14. The van der Waals surface area contributed by atoms with E-state index in [9.17, 15) is 19.6 Å². The van der Waals surface area contributed by atoms with E-state index in [1.54, 1.807) is 13.8 Å². The molecule has 8 nitrogen and oxygen atoms in total. The second-order valence-electron chi connectivity index (χ2n) is 8.00. The quantitative estimate of drug-likeness (QED) is 0.384. The highest BCUT2D eigenvalue weighted by Gasteiger charge is 2.23. The van der Waals surface area contributed by atoms with E-state index in [1.807, 2.05) is 26.0 Å². The van der Waals surface area contributed by atoms with Crippen LogP contribution in [0.1, 0.15) is 58.0 Å². The van der Waals surface area contributed by atoms with Crippen LogP contribution in [-0.4, -0.2) is 34.6 Å². The van der Waals surface area contributed by atoms with Gasteiger partial charge in [-0.15, -0.1) is 0 Å². The largest absolute Gasteiger partial charge is 0.448 e. The molecule has 1 heterocycles. The summed E-state index contributed by atoms with van der Waals surface area (Å²) < 4.78 is 7.22. The lowest BCUT2D eigenvalue weighted by Crippen LogP contribution is -2.46. The highest BCUT2D eigenvalue weighted by molar-refractivity contribution is 6.01. The topological polar surface area (TPSA) is 113 Å². The van der Waals surface area contributed by atoms with E-state index in [0.29, 0.717) is 5.92 Å². The van der Waals surface area contributed by atoms with Gasteiger partial charge in [0.2, 0.25) is 0 Å². The van der Waals surface area contributed by atoms with Crippen LogP contribution in [0, 0.1) is 31.1 Å². The summed E-state index contributed by atoms with van der Waals surface area (Å²) in [7, 11) is 0. The number of carbonyl (C=O) groups excluding carboxylic acids is 3. The number of nitrogens with one attached hydrogen (secondary N) is 2. The number of aryl methyl sites for hydroxylation is 1. The Labute approximate surface area is 178 Å². The minimum atomic E-state index is -1.23. The van der Waals surface area contributed by atoms with Gasteiger partial charge < -0.3 is 14.6 Å². The van der Waals surface area contributed by atoms with Crippen LogP contribution in [0.3, 0.4) is 0 Å². The van der Waals surface area contributed by atoms with Crippen molar-refractivity contribution in [2.24, 2.45) is 5.92 Å². The van der Waals surface area contributed by atoms with Crippen LogP contribution in [0.2, 0.25) is 0 Å². The second kappa shape index (κ2) is 11.2. The highest BCUT2D eigenvalue weighted by atomic mass is 16.5. The zero-order valence-electron chi connectivity index (χ0n) is 18.8. The van der Waals surface area contributed by atoms with E-state index in [0.717, 1.165) is 29.9 Å². The molecule has 0 aromatic carbocycles. The molecule has 0 aliphatic carbocycles. The van der Waals surface area contributed by atoms with E-state index < -0.39 is 24.0 Å². The van der Waals surface area contributed by atoms with Crippen LogP contribution in [0.5, 0.6) is 0 Å². The van der Waals surface area contributed by atoms with Crippen molar-refractivity contribution < 1.29 is 19.1 Å². The zero-order chi connectivity index (χ0) is 23.0. The predicted octanol–water partition coefficient (Wildman–Crippen LogP) is 3.22. The lowest BCUT2D eigenvalue weighted by molar-refractivity contribution is -0.150. The number of hydrogen-bond donors (Lipinski definition) is 2. The third-order valence-electron chi connectivity index (χ3n) is 4.49. The van der Waals surface area contributed by atoms with Crippen molar-refractivity contribution in [3.05, 3.63) is 28.6 Å². The van der Waals surface area contributed by atoms with Gasteiger partial charge in [-0.25, -0.2) is 9.59 Å². The SMILES string of the molecule is Cc1cc(/C=C(\C#N)C(=O)O[C@@H](C)C(=O)NC(=O)NC(C)C)c(C)n1CCC(C)C. The summed E-state index contributed by atoms with van der Waals surface area (Å²) in [6.07, 6.45) is 1.25. The molecule has 2 N–H and O–H groups in total. The van der Waals surface area contributed by atoms with Gasteiger partial charge in [0.05, 0.1) is 0 Å². The molecular weight excluding hydrogens is 384 g/mol. The maximum absolute atomic E-state index is 12.4. The number of ether oxygens (including phenoxy) is 1. The van der Waals surface area contributed by atoms with Gasteiger partial charge in [0, 0.05) is 24.0 Å². The Balaban J connectivity index is 2.89. The zero-order valence-corrected chi connectivity index (χ0v) is 18.8. The molecule has 0 unspecified atom stereocenters. The van der Waals surface area contributed by atoms with Crippen molar-refractivity contribution in [1.29, 1.82) is 5.26 Å². The van der Waals surface area contributed by atoms with Gasteiger partial charge in [0.25, 0.3) is 5.91 Å². The van der Waals surface area contributed by atoms with Crippen LogP contribution in [0.25, 0.3) is 6.08 Å². The first kappa shape index (κ1) is 25.0. The number of esters is 1. The van der Waals surface area contributed by atoms with Crippen LogP contribution in [0.4, 0.5) is 4.79 Å². The summed E-state index contributed by atoms with van der Waals surface area (Å²) in [6, 6.07) is 2.92. The van der Waals surface area contributed by atoms with Gasteiger partial charge in [-0.1, -0.05) is 13.8 Å². The fraction of sp³-hybridized carbons (Fsp3) is 0.545. The van der Waals surface area contributed by atoms with Crippen molar-refractivity contribution in [1.82, 2.24) is 15.2 Å². The number of aromatic nitrogens is 1. The molecule has 0 fully saturated rings. The van der Waals surface area contributed by atoms with Crippen molar-refractivity contribution in [2.45, 2.75) is 73.6 Å².